The molecule has 2 saturated heterocycles. The van der Waals surface area contributed by atoms with E-state index in [9.17, 15) is 13.2 Å². The van der Waals surface area contributed by atoms with Gasteiger partial charge >= 0.3 is 0 Å². The van der Waals surface area contributed by atoms with Crippen molar-refractivity contribution in [2.45, 2.75) is 19.3 Å². The highest BCUT2D eigenvalue weighted by molar-refractivity contribution is 7.91. The number of sulfone groups is 1. The van der Waals surface area contributed by atoms with Crippen LogP contribution >= 0.6 is 0 Å². The Hall–Kier alpha value is -0.580. The molecule has 0 aromatic heterocycles. The lowest BCUT2D eigenvalue weighted by Crippen LogP contribution is -2.29. The van der Waals surface area contributed by atoms with Crippen molar-refractivity contribution in [2.75, 3.05) is 18.1 Å². The number of hydrogen-bond acceptors (Lipinski definition) is 3. The van der Waals surface area contributed by atoms with Gasteiger partial charge in [0.25, 0.3) is 0 Å². The van der Waals surface area contributed by atoms with Crippen LogP contribution in [-0.4, -0.2) is 32.4 Å². The summed E-state index contributed by atoms with van der Waals surface area (Å²) in [7, 11) is -2.76. The van der Waals surface area contributed by atoms with Crippen molar-refractivity contribution in [3.8, 4) is 0 Å². The first kappa shape index (κ1) is 9.96. The molecule has 0 saturated carbocycles. The first-order valence-corrected chi connectivity index (χ1v) is 6.86. The molecule has 0 bridgehead atoms. The SMILES string of the molecule is O=C1CC(C2CCS(=O)(=O)CC2)CN1. The van der Waals surface area contributed by atoms with Crippen molar-refractivity contribution in [3.63, 3.8) is 0 Å². The van der Waals surface area contributed by atoms with Crippen molar-refractivity contribution in [2.24, 2.45) is 11.8 Å². The maximum absolute atomic E-state index is 11.2. The minimum Gasteiger partial charge on any atom is -0.356 e. The van der Waals surface area contributed by atoms with Gasteiger partial charge in [-0.15, -0.1) is 0 Å². The molecule has 80 valence electrons. The van der Waals surface area contributed by atoms with E-state index in [1.807, 2.05) is 0 Å². The van der Waals surface area contributed by atoms with Crippen LogP contribution in [0.25, 0.3) is 0 Å². The van der Waals surface area contributed by atoms with Gasteiger partial charge in [0, 0.05) is 13.0 Å². The predicted molar refractivity (Wildman–Crippen MR) is 52.5 cm³/mol. The first-order valence-electron chi connectivity index (χ1n) is 5.04. The highest BCUT2D eigenvalue weighted by Gasteiger charge is 2.33. The molecular weight excluding hydrogens is 202 g/mol. The standard InChI is InChI=1S/C9H15NO3S/c11-9-5-8(6-10-9)7-1-3-14(12,13)4-2-7/h7-8H,1-6H2,(H,10,11). The predicted octanol–water partition coefficient (Wildman–Crippen LogP) is -0.0527. The van der Waals surface area contributed by atoms with Crippen LogP contribution < -0.4 is 5.32 Å². The smallest absolute Gasteiger partial charge is 0.220 e. The van der Waals surface area contributed by atoms with Gasteiger partial charge in [0.2, 0.25) is 5.91 Å². The molecule has 0 aliphatic carbocycles. The zero-order valence-electron chi connectivity index (χ0n) is 8.03. The average Bonchev–Trinajstić information content (AvgIpc) is 2.52. The lowest BCUT2D eigenvalue weighted by Gasteiger charge is -2.25. The summed E-state index contributed by atoms with van der Waals surface area (Å²) >= 11 is 0. The Morgan fingerprint density at radius 3 is 2.29 bits per heavy atom. The fourth-order valence-electron chi connectivity index (χ4n) is 2.34. The number of rotatable bonds is 1. The zero-order chi connectivity index (χ0) is 10.2. The molecule has 0 aromatic carbocycles. The minimum atomic E-state index is -2.76. The second kappa shape index (κ2) is 3.53. The fraction of sp³-hybridized carbons (Fsp3) is 0.889. The first-order chi connectivity index (χ1) is 6.57. The van der Waals surface area contributed by atoms with Gasteiger partial charge < -0.3 is 5.32 Å². The Bertz CT molecular complexity index is 322. The lowest BCUT2D eigenvalue weighted by atomic mass is 9.87. The number of carbonyl (C=O) groups excluding carboxylic acids is 1. The second-order valence-corrected chi connectivity index (χ2v) is 6.56. The summed E-state index contributed by atoms with van der Waals surface area (Å²) in [6.07, 6.45) is 2.06. The lowest BCUT2D eigenvalue weighted by molar-refractivity contribution is -0.119. The fourth-order valence-corrected chi connectivity index (χ4v) is 3.87. The molecule has 2 aliphatic heterocycles. The molecular formula is C9H15NO3S. The van der Waals surface area contributed by atoms with Gasteiger partial charge in [-0.3, -0.25) is 4.79 Å². The Labute approximate surface area is 84.0 Å². The highest BCUT2D eigenvalue weighted by atomic mass is 32.2. The summed E-state index contributed by atoms with van der Waals surface area (Å²) < 4.78 is 22.4. The molecule has 5 heteroatoms. The Balaban J connectivity index is 1.92. The molecule has 4 nitrogen and oxygen atoms in total. The Morgan fingerprint density at radius 1 is 1.14 bits per heavy atom. The van der Waals surface area contributed by atoms with Gasteiger partial charge in [-0.05, 0) is 24.7 Å². The van der Waals surface area contributed by atoms with Crippen LogP contribution in [0.15, 0.2) is 0 Å². The molecule has 1 unspecified atom stereocenters. The summed E-state index contributed by atoms with van der Waals surface area (Å²) in [5.41, 5.74) is 0. The highest BCUT2D eigenvalue weighted by Crippen LogP contribution is 2.29. The number of amides is 1. The average molecular weight is 217 g/mol. The largest absolute Gasteiger partial charge is 0.356 e. The van der Waals surface area contributed by atoms with Gasteiger partial charge in [-0.25, -0.2) is 8.42 Å². The third-order valence-corrected chi connectivity index (χ3v) is 4.99. The maximum Gasteiger partial charge on any atom is 0.220 e. The van der Waals surface area contributed by atoms with E-state index in [4.69, 9.17) is 0 Å². The van der Waals surface area contributed by atoms with Crippen LogP contribution in [0.3, 0.4) is 0 Å². The van der Waals surface area contributed by atoms with Crippen LogP contribution in [-0.2, 0) is 14.6 Å². The van der Waals surface area contributed by atoms with E-state index >= 15 is 0 Å². The molecule has 2 aliphatic rings. The molecule has 0 aromatic rings. The van der Waals surface area contributed by atoms with E-state index in [2.05, 4.69) is 5.32 Å². The van der Waals surface area contributed by atoms with Crippen LogP contribution in [0, 0.1) is 11.8 Å². The summed E-state index contributed by atoms with van der Waals surface area (Å²) in [6, 6.07) is 0. The normalized spacial score (nSPS) is 32.9. The van der Waals surface area contributed by atoms with E-state index in [0.717, 1.165) is 19.4 Å². The van der Waals surface area contributed by atoms with Crippen molar-refractivity contribution < 1.29 is 13.2 Å². The molecule has 1 N–H and O–H groups in total. The van der Waals surface area contributed by atoms with Gasteiger partial charge in [0.15, 0.2) is 0 Å². The molecule has 2 rings (SSSR count). The third-order valence-electron chi connectivity index (χ3n) is 3.27. The van der Waals surface area contributed by atoms with Crippen molar-refractivity contribution in [1.29, 1.82) is 0 Å². The Kier molecular flexibility index (Phi) is 2.51. The van der Waals surface area contributed by atoms with Crippen molar-refractivity contribution >= 4 is 15.7 Å². The van der Waals surface area contributed by atoms with E-state index in [1.54, 1.807) is 0 Å². The topological polar surface area (TPSA) is 63.2 Å². The number of nitrogens with one attached hydrogen (secondary N) is 1. The summed E-state index contributed by atoms with van der Waals surface area (Å²) in [4.78, 5) is 11.0. The quantitative estimate of drug-likeness (QED) is 0.669. The zero-order valence-corrected chi connectivity index (χ0v) is 8.85. The van der Waals surface area contributed by atoms with Crippen molar-refractivity contribution in [1.82, 2.24) is 5.32 Å². The van der Waals surface area contributed by atoms with Crippen LogP contribution in [0.4, 0.5) is 0 Å². The summed E-state index contributed by atoms with van der Waals surface area (Å²) in [5.74, 6) is 1.53. The van der Waals surface area contributed by atoms with Gasteiger partial charge in [0.05, 0.1) is 11.5 Å². The van der Waals surface area contributed by atoms with Crippen LogP contribution in [0.5, 0.6) is 0 Å². The molecule has 1 atom stereocenters. The monoisotopic (exact) mass is 217 g/mol. The van der Waals surface area contributed by atoms with Gasteiger partial charge in [0.1, 0.15) is 9.84 Å². The van der Waals surface area contributed by atoms with E-state index in [-0.39, 0.29) is 5.91 Å². The molecule has 14 heavy (non-hydrogen) atoms. The number of carbonyl (C=O) groups is 1. The second-order valence-electron chi connectivity index (χ2n) is 4.26. The van der Waals surface area contributed by atoms with Gasteiger partial charge in [-0.2, -0.15) is 0 Å². The molecule has 2 fully saturated rings. The maximum atomic E-state index is 11.2. The molecule has 2 heterocycles. The van der Waals surface area contributed by atoms with E-state index < -0.39 is 9.84 Å². The van der Waals surface area contributed by atoms with Gasteiger partial charge in [-0.1, -0.05) is 0 Å². The minimum absolute atomic E-state index is 0.114. The Morgan fingerprint density at radius 2 is 1.79 bits per heavy atom. The summed E-state index contributed by atoms with van der Waals surface area (Å²) in [6.45, 7) is 0.740. The van der Waals surface area contributed by atoms with Crippen LogP contribution in [0.1, 0.15) is 19.3 Å². The third kappa shape index (κ3) is 2.08. The van der Waals surface area contributed by atoms with Crippen molar-refractivity contribution in [3.05, 3.63) is 0 Å². The molecule has 0 radical (unpaired) electrons. The molecule has 0 spiro atoms. The van der Waals surface area contributed by atoms with E-state index in [1.165, 1.54) is 0 Å². The number of hydrogen-bond donors (Lipinski definition) is 1. The summed E-state index contributed by atoms with van der Waals surface area (Å²) in [5, 5.41) is 2.80. The van der Waals surface area contributed by atoms with Crippen LogP contribution in [0.2, 0.25) is 0 Å². The van der Waals surface area contributed by atoms with E-state index in [0.29, 0.717) is 29.8 Å². The molecule has 1 amide bonds.